The van der Waals surface area contributed by atoms with Crippen LogP contribution in [0.5, 0.6) is 0 Å². The van der Waals surface area contributed by atoms with Gasteiger partial charge in [0.25, 0.3) is 0 Å². The first kappa shape index (κ1) is 14.8. The molecule has 1 saturated heterocycles. The third-order valence-electron chi connectivity index (χ3n) is 3.95. The van der Waals surface area contributed by atoms with Gasteiger partial charge < -0.3 is 10.1 Å². The Bertz CT molecular complexity index is 413. The minimum atomic E-state index is 0.391. The molecule has 1 fully saturated rings. The van der Waals surface area contributed by atoms with Crippen molar-refractivity contribution in [1.82, 2.24) is 15.1 Å². The van der Waals surface area contributed by atoms with E-state index >= 15 is 0 Å². The number of nitrogens with one attached hydrogen (secondary N) is 1. The van der Waals surface area contributed by atoms with Crippen LogP contribution in [0.15, 0.2) is 0 Å². The van der Waals surface area contributed by atoms with E-state index in [1.54, 1.807) is 4.68 Å². The molecule has 2 atom stereocenters. The number of aryl methyl sites for hydroxylation is 2. The number of hydrogen-bond donors (Lipinski definition) is 1. The maximum absolute atomic E-state index is 6.30. The van der Waals surface area contributed by atoms with Crippen LogP contribution in [0.4, 0.5) is 0 Å². The summed E-state index contributed by atoms with van der Waals surface area (Å²) in [6.45, 7) is 2.93. The highest BCUT2D eigenvalue weighted by Gasteiger charge is 2.21. The Balaban J connectivity index is 1.98. The predicted molar refractivity (Wildman–Crippen MR) is 77.7 cm³/mol. The number of nitrogens with zero attached hydrogens (tertiary/aromatic N) is 2. The lowest BCUT2D eigenvalue weighted by atomic mass is 9.97. The molecule has 2 heterocycles. The minimum absolute atomic E-state index is 0.391. The highest BCUT2D eigenvalue weighted by Crippen LogP contribution is 2.23. The largest absolute Gasteiger partial charge is 0.378 e. The Morgan fingerprint density at radius 3 is 2.84 bits per heavy atom. The molecule has 2 rings (SSSR count). The summed E-state index contributed by atoms with van der Waals surface area (Å²) in [5.41, 5.74) is 2.18. The molecule has 5 heteroatoms. The second-order valence-corrected chi connectivity index (χ2v) is 5.75. The number of halogens is 1. The van der Waals surface area contributed by atoms with E-state index in [-0.39, 0.29) is 0 Å². The molecule has 108 valence electrons. The molecule has 4 nitrogen and oxygen atoms in total. The summed E-state index contributed by atoms with van der Waals surface area (Å²) in [7, 11) is 3.89. The Morgan fingerprint density at radius 2 is 2.32 bits per heavy atom. The molecule has 0 amide bonds. The second kappa shape index (κ2) is 6.73. The maximum Gasteiger partial charge on any atom is 0.130 e. The number of likely N-dealkylation sites (N-methyl/N-ethyl adjacent to an activating group) is 1. The first-order chi connectivity index (χ1) is 9.11. The molecular formula is C14H24ClN3O. The van der Waals surface area contributed by atoms with Gasteiger partial charge in [0.15, 0.2) is 0 Å². The Morgan fingerprint density at radius 1 is 1.53 bits per heavy atom. The number of aromatic nitrogens is 2. The van der Waals surface area contributed by atoms with Gasteiger partial charge in [-0.1, -0.05) is 11.6 Å². The molecule has 0 saturated carbocycles. The van der Waals surface area contributed by atoms with Crippen LogP contribution < -0.4 is 5.32 Å². The molecule has 1 N–H and O–H groups in total. The topological polar surface area (TPSA) is 39.1 Å². The molecule has 0 aliphatic carbocycles. The number of hydrogen-bond acceptors (Lipinski definition) is 3. The number of ether oxygens (including phenoxy) is 1. The van der Waals surface area contributed by atoms with Crippen molar-refractivity contribution in [2.45, 2.75) is 51.2 Å². The molecule has 1 aliphatic heterocycles. The lowest BCUT2D eigenvalue weighted by Crippen LogP contribution is -2.34. The molecule has 1 aliphatic rings. The molecule has 0 radical (unpaired) electrons. The van der Waals surface area contributed by atoms with Crippen LogP contribution in [-0.2, 0) is 18.2 Å². The van der Waals surface area contributed by atoms with Gasteiger partial charge >= 0.3 is 0 Å². The summed E-state index contributed by atoms with van der Waals surface area (Å²) in [6.07, 6.45) is 6.01. The highest BCUT2D eigenvalue weighted by molar-refractivity contribution is 6.30. The zero-order chi connectivity index (χ0) is 13.8. The summed E-state index contributed by atoms with van der Waals surface area (Å²) >= 11 is 6.30. The van der Waals surface area contributed by atoms with E-state index in [4.69, 9.17) is 16.3 Å². The normalized spacial score (nSPS) is 21.6. The van der Waals surface area contributed by atoms with Crippen molar-refractivity contribution >= 4 is 11.6 Å². The van der Waals surface area contributed by atoms with E-state index in [9.17, 15) is 0 Å². The van der Waals surface area contributed by atoms with Crippen LogP contribution in [-0.4, -0.2) is 35.6 Å². The fourth-order valence-electron chi connectivity index (χ4n) is 2.77. The van der Waals surface area contributed by atoms with Crippen molar-refractivity contribution in [3.05, 3.63) is 16.4 Å². The van der Waals surface area contributed by atoms with Gasteiger partial charge in [-0.15, -0.1) is 0 Å². The third kappa shape index (κ3) is 3.71. The first-order valence-electron chi connectivity index (χ1n) is 7.08. The smallest absolute Gasteiger partial charge is 0.130 e. The quantitative estimate of drug-likeness (QED) is 0.903. The fraction of sp³-hybridized carbons (Fsp3) is 0.786. The zero-order valence-corrected chi connectivity index (χ0v) is 12.8. The molecule has 0 bridgehead atoms. The van der Waals surface area contributed by atoms with Crippen molar-refractivity contribution in [2.24, 2.45) is 7.05 Å². The van der Waals surface area contributed by atoms with Crippen LogP contribution in [0.25, 0.3) is 0 Å². The molecule has 1 aromatic heterocycles. The van der Waals surface area contributed by atoms with Gasteiger partial charge in [0.1, 0.15) is 5.15 Å². The third-order valence-corrected chi connectivity index (χ3v) is 4.42. The van der Waals surface area contributed by atoms with Crippen LogP contribution in [0.1, 0.15) is 36.9 Å². The summed E-state index contributed by atoms with van der Waals surface area (Å²) in [6, 6.07) is 0.392. The Labute approximate surface area is 120 Å². The summed E-state index contributed by atoms with van der Waals surface area (Å²) < 4.78 is 7.57. The molecule has 0 spiro atoms. The Hall–Kier alpha value is -0.580. The molecule has 2 unspecified atom stereocenters. The van der Waals surface area contributed by atoms with E-state index in [2.05, 4.69) is 10.4 Å². The van der Waals surface area contributed by atoms with Crippen molar-refractivity contribution in [3.63, 3.8) is 0 Å². The highest BCUT2D eigenvalue weighted by atomic mass is 35.5. The van der Waals surface area contributed by atoms with Crippen LogP contribution in [0, 0.1) is 6.92 Å². The second-order valence-electron chi connectivity index (χ2n) is 5.39. The van der Waals surface area contributed by atoms with E-state index in [1.807, 2.05) is 21.0 Å². The molecule has 1 aromatic rings. The minimum Gasteiger partial charge on any atom is -0.378 e. The van der Waals surface area contributed by atoms with Gasteiger partial charge in [-0.25, -0.2) is 0 Å². The molecule has 0 aromatic carbocycles. The van der Waals surface area contributed by atoms with Gasteiger partial charge in [0.2, 0.25) is 0 Å². The van der Waals surface area contributed by atoms with Crippen molar-refractivity contribution in [2.75, 3.05) is 13.7 Å². The predicted octanol–water partition coefficient (Wildman–Crippen LogP) is 2.47. The van der Waals surface area contributed by atoms with Gasteiger partial charge in [0, 0.05) is 25.3 Å². The van der Waals surface area contributed by atoms with E-state index < -0.39 is 0 Å². The summed E-state index contributed by atoms with van der Waals surface area (Å²) in [4.78, 5) is 0. The standard InChI is InChI=1S/C14H24ClN3O/c1-10-13(14(15)18(3)17-10)9-11(16-2)8-12-6-4-5-7-19-12/h11-12,16H,4-9H2,1-3H3. The number of rotatable bonds is 5. The van der Waals surface area contributed by atoms with Gasteiger partial charge in [-0.3, -0.25) is 4.68 Å². The lowest BCUT2D eigenvalue weighted by Gasteiger charge is -2.27. The fourth-order valence-corrected chi connectivity index (χ4v) is 3.02. The maximum atomic E-state index is 6.30. The van der Waals surface area contributed by atoms with Crippen molar-refractivity contribution < 1.29 is 4.74 Å². The van der Waals surface area contributed by atoms with E-state index in [1.165, 1.54) is 19.3 Å². The van der Waals surface area contributed by atoms with E-state index in [0.717, 1.165) is 35.9 Å². The molecular weight excluding hydrogens is 262 g/mol. The van der Waals surface area contributed by atoms with Crippen molar-refractivity contribution in [3.8, 4) is 0 Å². The van der Waals surface area contributed by atoms with Crippen LogP contribution in [0.3, 0.4) is 0 Å². The lowest BCUT2D eigenvalue weighted by molar-refractivity contribution is 0.00568. The zero-order valence-electron chi connectivity index (χ0n) is 12.1. The van der Waals surface area contributed by atoms with Gasteiger partial charge in [0.05, 0.1) is 11.8 Å². The SMILES string of the molecule is CNC(Cc1c(C)nn(C)c1Cl)CC1CCCCO1. The summed E-state index contributed by atoms with van der Waals surface area (Å²) in [5.74, 6) is 0. The molecule has 19 heavy (non-hydrogen) atoms. The van der Waals surface area contributed by atoms with Gasteiger partial charge in [-0.05, 0) is 46.1 Å². The average Bonchev–Trinajstić information content (AvgIpc) is 2.65. The monoisotopic (exact) mass is 285 g/mol. The van der Waals surface area contributed by atoms with Crippen LogP contribution in [0.2, 0.25) is 5.15 Å². The Kier molecular flexibility index (Phi) is 5.25. The average molecular weight is 286 g/mol. The first-order valence-corrected chi connectivity index (χ1v) is 7.46. The van der Waals surface area contributed by atoms with E-state index in [0.29, 0.717) is 12.1 Å². The van der Waals surface area contributed by atoms with Crippen LogP contribution >= 0.6 is 11.6 Å². The van der Waals surface area contributed by atoms with Gasteiger partial charge in [-0.2, -0.15) is 5.10 Å². The van der Waals surface area contributed by atoms with Crippen molar-refractivity contribution in [1.29, 1.82) is 0 Å². The summed E-state index contributed by atoms with van der Waals surface area (Å²) in [5, 5.41) is 8.51.